The standard InChI is InChI=1S/C22H23ClN4O/c1-15-18(23)10-5-11-19(15)25-22-26-20(16-7-3-2-4-8-16)13-21(27-22)24-14-17-9-6-12-28-17/h2-5,7-8,10-11,13,17H,6,9,12,14H2,1H3,(H2,24,25,26,27). The zero-order valence-electron chi connectivity index (χ0n) is 15.8. The Morgan fingerprint density at radius 2 is 1.96 bits per heavy atom. The molecule has 1 fully saturated rings. The Morgan fingerprint density at radius 3 is 2.75 bits per heavy atom. The molecule has 0 spiro atoms. The highest BCUT2D eigenvalue weighted by molar-refractivity contribution is 6.31. The molecule has 28 heavy (non-hydrogen) atoms. The van der Waals surface area contributed by atoms with Crippen LogP contribution in [-0.4, -0.2) is 29.2 Å². The molecule has 0 amide bonds. The molecule has 0 aliphatic carbocycles. The van der Waals surface area contributed by atoms with Crippen LogP contribution in [0.5, 0.6) is 0 Å². The molecule has 3 aromatic rings. The zero-order chi connectivity index (χ0) is 19.3. The molecule has 4 rings (SSSR count). The van der Waals surface area contributed by atoms with E-state index in [0.29, 0.717) is 11.0 Å². The molecule has 6 heteroatoms. The summed E-state index contributed by atoms with van der Waals surface area (Å²) in [6, 6.07) is 17.8. The maximum Gasteiger partial charge on any atom is 0.229 e. The Balaban J connectivity index is 1.63. The van der Waals surface area contributed by atoms with Gasteiger partial charge in [-0.05, 0) is 37.5 Å². The van der Waals surface area contributed by atoms with Gasteiger partial charge in [0.25, 0.3) is 0 Å². The number of anilines is 3. The largest absolute Gasteiger partial charge is 0.376 e. The third kappa shape index (κ3) is 4.43. The second kappa shape index (κ2) is 8.59. The number of rotatable bonds is 6. The predicted molar refractivity (Wildman–Crippen MR) is 114 cm³/mol. The van der Waals surface area contributed by atoms with Crippen molar-refractivity contribution in [3.05, 3.63) is 65.2 Å². The molecule has 1 saturated heterocycles. The fraction of sp³-hybridized carbons (Fsp3) is 0.273. The smallest absolute Gasteiger partial charge is 0.229 e. The minimum Gasteiger partial charge on any atom is -0.376 e. The minimum atomic E-state index is 0.238. The first-order chi connectivity index (χ1) is 13.7. The van der Waals surface area contributed by atoms with Crippen LogP contribution in [-0.2, 0) is 4.74 Å². The summed E-state index contributed by atoms with van der Waals surface area (Å²) in [6.07, 6.45) is 2.43. The molecule has 2 heterocycles. The molecule has 0 bridgehead atoms. The molecule has 0 saturated carbocycles. The van der Waals surface area contributed by atoms with Crippen LogP contribution in [0.1, 0.15) is 18.4 Å². The highest BCUT2D eigenvalue weighted by Gasteiger charge is 2.16. The second-order valence-electron chi connectivity index (χ2n) is 6.88. The SMILES string of the molecule is Cc1c(Cl)cccc1Nc1nc(NCC2CCCO2)cc(-c2ccccc2)n1. The number of nitrogens with zero attached hydrogens (tertiary/aromatic N) is 2. The molecule has 1 aliphatic rings. The summed E-state index contributed by atoms with van der Waals surface area (Å²) in [7, 11) is 0. The maximum absolute atomic E-state index is 6.25. The van der Waals surface area contributed by atoms with Crippen molar-refractivity contribution in [2.75, 3.05) is 23.8 Å². The topological polar surface area (TPSA) is 59.1 Å². The number of halogens is 1. The summed E-state index contributed by atoms with van der Waals surface area (Å²) in [5.74, 6) is 1.30. The summed E-state index contributed by atoms with van der Waals surface area (Å²) in [6.45, 7) is 3.55. The van der Waals surface area contributed by atoms with Crippen LogP contribution in [0.25, 0.3) is 11.3 Å². The van der Waals surface area contributed by atoms with E-state index in [-0.39, 0.29) is 6.10 Å². The van der Waals surface area contributed by atoms with Gasteiger partial charge in [0.1, 0.15) is 5.82 Å². The molecular formula is C22H23ClN4O. The van der Waals surface area contributed by atoms with Crippen molar-refractivity contribution >= 4 is 29.1 Å². The Morgan fingerprint density at radius 1 is 1.11 bits per heavy atom. The summed E-state index contributed by atoms with van der Waals surface area (Å²) in [4.78, 5) is 9.37. The Hall–Kier alpha value is -2.63. The van der Waals surface area contributed by atoms with Crippen molar-refractivity contribution < 1.29 is 4.74 Å². The van der Waals surface area contributed by atoms with E-state index in [4.69, 9.17) is 21.3 Å². The first-order valence-electron chi connectivity index (χ1n) is 9.51. The van der Waals surface area contributed by atoms with Crippen LogP contribution in [0.3, 0.4) is 0 Å². The van der Waals surface area contributed by atoms with Crippen molar-refractivity contribution in [2.24, 2.45) is 0 Å². The van der Waals surface area contributed by atoms with Crippen molar-refractivity contribution in [3.63, 3.8) is 0 Å². The van der Waals surface area contributed by atoms with Crippen LogP contribution in [0.2, 0.25) is 5.02 Å². The van der Waals surface area contributed by atoms with Crippen molar-refractivity contribution in [1.29, 1.82) is 0 Å². The predicted octanol–water partition coefficient (Wildman–Crippen LogP) is 5.44. The molecule has 2 N–H and O–H groups in total. The van der Waals surface area contributed by atoms with E-state index in [2.05, 4.69) is 15.6 Å². The van der Waals surface area contributed by atoms with Gasteiger partial charge in [0.2, 0.25) is 5.95 Å². The first-order valence-corrected chi connectivity index (χ1v) is 9.89. The Kier molecular flexibility index (Phi) is 5.74. The Bertz CT molecular complexity index is 943. The van der Waals surface area contributed by atoms with E-state index >= 15 is 0 Å². The molecule has 1 atom stereocenters. The van der Waals surface area contributed by atoms with Crippen LogP contribution >= 0.6 is 11.6 Å². The van der Waals surface area contributed by atoms with E-state index in [1.54, 1.807) is 0 Å². The molecule has 144 valence electrons. The number of aromatic nitrogens is 2. The van der Waals surface area contributed by atoms with Gasteiger partial charge < -0.3 is 15.4 Å². The zero-order valence-corrected chi connectivity index (χ0v) is 16.5. The molecule has 1 aliphatic heterocycles. The van der Waals surface area contributed by atoms with Crippen LogP contribution in [0, 0.1) is 6.92 Å². The molecule has 0 radical (unpaired) electrons. The van der Waals surface area contributed by atoms with Gasteiger partial charge in [-0.2, -0.15) is 4.98 Å². The number of ether oxygens (including phenoxy) is 1. The van der Waals surface area contributed by atoms with Gasteiger partial charge in [0, 0.05) is 35.5 Å². The fourth-order valence-electron chi connectivity index (χ4n) is 3.24. The molecule has 2 aromatic carbocycles. The monoisotopic (exact) mass is 394 g/mol. The molecule has 5 nitrogen and oxygen atoms in total. The average Bonchev–Trinajstić information content (AvgIpc) is 3.24. The van der Waals surface area contributed by atoms with Crippen LogP contribution < -0.4 is 10.6 Å². The lowest BCUT2D eigenvalue weighted by molar-refractivity contribution is 0.120. The van der Waals surface area contributed by atoms with Gasteiger partial charge in [0.05, 0.1) is 11.8 Å². The van der Waals surface area contributed by atoms with Crippen LogP contribution in [0.15, 0.2) is 54.6 Å². The van der Waals surface area contributed by atoms with Gasteiger partial charge in [-0.3, -0.25) is 0 Å². The number of nitrogens with one attached hydrogen (secondary N) is 2. The van der Waals surface area contributed by atoms with Crippen molar-refractivity contribution in [2.45, 2.75) is 25.9 Å². The second-order valence-corrected chi connectivity index (χ2v) is 7.29. The number of hydrogen-bond acceptors (Lipinski definition) is 5. The lowest BCUT2D eigenvalue weighted by Gasteiger charge is -2.15. The van der Waals surface area contributed by atoms with Gasteiger partial charge in [-0.1, -0.05) is 48.0 Å². The third-order valence-corrected chi connectivity index (χ3v) is 5.25. The summed E-state index contributed by atoms with van der Waals surface area (Å²) >= 11 is 6.25. The summed E-state index contributed by atoms with van der Waals surface area (Å²) in [5, 5.41) is 7.43. The maximum atomic E-state index is 6.25. The van der Waals surface area contributed by atoms with Gasteiger partial charge in [-0.15, -0.1) is 0 Å². The lowest BCUT2D eigenvalue weighted by atomic mass is 10.1. The highest BCUT2D eigenvalue weighted by atomic mass is 35.5. The van der Waals surface area contributed by atoms with Gasteiger partial charge in [0.15, 0.2) is 0 Å². The Labute approximate surface area is 170 Å². The summed E-state index contributed by atoms with van der Waals surface area (Å²) in [5.41, 5.74) is 3.75. The van der Waals surface area contributed by atoms with E-state index < -0.39 is 0 Å². The van der Waals surface area contributed by atoms with Gasteiger partial charge in [-0.25, -0.2) is 4.98 Å². The van der Waals surface area contributed by atoms with E-state index in [1.807, 2.05) is 61.5 Å². The number of benzene rings is 2. The highest BCUT2D eigenvalue weighted by Crippen LogP contribution is 2.27. The van der Waals surface area contributed by atoms with Crippen LogP contribution in [0.4, 0.5) is 17.5 Å². The third-order valence-electron chi connectivity index (χ3n) is 4.84. The van der Waals surface area contributed by atoms with E-state index in [1.165, 1.54) is 0 Å². The van der Waals surface area contributed by atoms with Gasteiger partial charge >= 0.3 is 0 Å². The minimum absolute atomic E-state index is 0.238. The molecule has 1 aromatic heterocycles. The number of hydrogen-bond donors (Lipinski definition) is 2. The first kappa shape index (κ1) is 18.7. The van der Waals surface area contributed by atoms with E-state index in [0.717, 1.165) is 54.3 Å². The quantitative estimate of drug-likeness (QED) is 0.583. The van der Waals surface area contributed by atoms with Crippen molar-refractivity contribution in [1.82, 2.24) is 9.97 Å². The average molecular weight is 395 g/mol. The fourth-order valence-corrected chi connectivity index (χ4v) is 3.41. The van der Waals surface area contributed by atoms with Crippen molar-refractivity contribution in [3.8, 4) is 11.3 Å². The lowest BCUT2D eigenvalue weighted by Crippen LogP contribution is -2.19. The van der Waals surface area contributed by atoms with E-state index in [9.17, 15) is 0 Å². The molecular weight excluding hydrogens is 372 g/mol. The normalized spacial score (nSPS) is 16.1. The molecule has 1 unspecified atom stereocenters. The summed E-state index contributed by atoms with van der Waals surface area (Å²) < 4.78 is 5.71.